The van der Waals surface area contributed by atoms with E-state index in [0.717, 1.165) is 0 Å². The Hall–Kier alpha value is -0.775. The van der Waals surface area contributed by atoms with Crippen molar-refractivity contribution >= 4 is 7.25 Å². The molecule has 0 fully saturated rings. The quantitative estimate of drug-likeness (QED) is 0.390. The molecule has 0 spiro atoms. The van der Waals surface area contributed by atoms with Crippen molar-refractivity contribution < 1.29 is 39.6 Å². The van der Waals surface area contributed by atoms with E-state index in [2.05, 4.69) is 0 Å². The van der Waals surface area contributed by atoms with Gasteiger partial charge >= 0.3 is 29.6 Å². The van der Waals surface area contributed by atoms with Crippen molar-refractivity contribution in [1.29, 1.82) is 0 Å². The van der Waals surface area contributed by atoms with Crippen LogP contribution in [-0.2, 0) is 22.4 Å². The first-order valence-corrected chi connectivity index (χ1v) is 4.21. The molecule has 2 aromatic carbocycles. The second kappa shape index (κ2) is 10.7. The van der Waals surface area contributed by atoms with Crippen LogP contribution in [-0.4, -0.2) is 7.25 Å². The summed E-state index contributed by atoms with van der Waals surface area (Å²) in [5.41, 5.74) is 0. The van der Waals surface area contributed by atoms with Gasteiger partial charge in [0.2, 0.25) is 0 Å². The van der Waals surface area contributed by atoms with E-state index in [1.54, 1.807) is 0 Å². The Labute approximate surface area is 108 Å². The van der Waals surface area contributed by atoms with Gasteiger partial charge in [0.15, 0.2) is 0 Å². The molecule has 16 heavy (non-hydrogen) atoms. The fourth-order valence-corrected chi connectivity index (χ4v) is 0.642. The summed E-state index contributed by atoms with van der Waals surface area (Å²) in [5.74, 6) is 0. The van der Waals surface area contributed by atoms with Gasteiger partial charge in [-0.3, -0.25) is 0 Å². The summed E-state index contributed by atoms with van der Waals surface area (Å²) < 4.78 is 39.0. The van der Waals surface area contributed by atoms with E-state index < -0.39 is 7.25 Å². The SMILES string of the molecule is F[B-](F)(F)F.[Nb+3].c1cc[cH-]c1.c1cc[cH-]c1. The number of rotatable bonds is 0. The molecule has 0 radical (unpaired) electrons. The van der Waals surface area contributed by atoms with Crippen molar-refractivity contribution in [3.8, 4) is 0 Å². The van der Waals surface area contributed by atoms with Crippen molar-refractivity contribution in [2.75, 3.05) is 0 Å². The Balaban J connectivity index is 0. The molecule has 0 amide bonds. The molecule has 0 bridgehead atoms. The predicted molar refractivity (Wildman–Crippen MR) is 54.3 cm³/mol. The van der Waals surface area contributed by atoms with E-state index in [4.69, 9.17) is 0 Å². The fraction of sp³-hybridized carbons (Fsp3) is 0. The van der Waals surface area contributed by atoms with Crippen LogP contribution >= 0.6 is 0 Å². The molecule has 86 valence electrons. The minimum absolute atomic E-state index is 0. The number of hydrogen-bond donors (Lipinski definition) is 0. The topological polar surface area (TPSA) is 0 Å². The van der Waals surface area contributed by atoms with Gasteiger partial charge in [0, 0.05) is 0 Å². The molecule has 2 aromatic rings. The zero-order valence-corrected chi connectivity index (χ0v) is 10.5. The molecule has 0 saturated heterocycles. The van der Waals surface area contributed by atoms with Crippen molar-refractivity contribution in [1.82, 2.24) is 0 Å². The average molecular weight is 310 g/mol. The molecular formula is C10H10BF4Nb. The van der Waals surface area contributed by atoms with E-state index >= 15 is 0 Å². The predicted octanol–water partition coefficient (Wildman–Crippen LogP) is 4.11. The van der Waals surface area contributed by atoms with Gasteiger partial charge in [0.25, 0.3) is 0 Å². The van der Waals surface area contributed by atoms with E-state index in [0.29, 0.717) is 0 Å². The third-order valence-corrected chi connectivity index (χ3v) is 1.11. The molecule has 0 N–H and O–H groups in total. The van der Waals surface area contributed by atoms with Crippen LogP contribution in [0.5, 0.6) is 0 Å². The van der Waals surface area contributed by atoms with E-state index in [1.807, 2.05) is 60.7 Å². The summed E-state index contributed by atoms with van der Waals surface area (Å²) in [5, 5.41) is 0. The second-order valence-electron chi connectivity index (χ2n) is 2.42. The van der Waals surface area contributed by atoms with Crippen LogP contribution in [0.2, 0.25) is 0 Å². The minimum atomic E-state index is -6.00. The van der Waals surface area contributed by atoms with E-state index in [9.17, 15) is 17.3 Å². The maximum absolute atomic E-state index is 9.75. The van der Waals surface area contributed by atoms with Gasteiger partial charge in [-0.25, -0.2) is 24.3 Å². The first kappa shape index (κ1) is 17.6. The zero-order chi connectivity index (χ0) is 11.6. The zero-order valence-electron chi connectivity index (χ0n) is 8.31. The molecule has 0 heterocycles. The summed E-state index contributed by atoms with van der Waals surface area (Å²) in [7, 11) is -6.00. The van der Waals surface area contributed by atoms with E-state index in [-0.39, 0.29) is 22.4 Å². The smallest absolute Gasteiger partial charge is 0.418 e. The third kappa shape index (κ3) is 23.2. The van der Waals surface area contributed by atoms with Gasteiger partial charge in [0.05, 0.1) is 0 Å². The molecule has 0 aliphatic heterocycles. The van der Waals surface area contributed by atoms with Crippen LogP contribution in [0.4, 0.5) is 17.3 Å². The van der Waals surface area contributed by atoms with Crippen LogP contribution in [0.1, 0.15) is 0 Å². The maximum atomic E-state index is 9.75. The van der Waals surface area contributed by atoms with Gasteiger partial charge in [-0.15, -0.1) is 0 Å². The van der Waals surface area contributed by atoms with Crippen LogP contribution in [0.3, 0.4) is 0 Å². The monoisotopic (exact) mass is 310 g/mol. The Morgan fingerprint density at radius 3 is 0.875 bits per heavy atom. The Morgan fingerprint density at radius 2 is 0.812 bits per heavy atom. The first-order chi connectivity index (χ1) is 7.00. The molecule has 0 aliphatic carbocycles. The second-order valence-corrected chi connectivity index (χ2v) is 2.42. The molecule has 0 saturated carbocycles. The molecule has 6 heteroatoms. The summed E-state index contributed by atoms with van der Waals surface area (Å²) in [6.45, 7) is 0. The molecule has 0 aliphatic rings. The van der Waals surface area contributed by atoms with Gasteiger partial charge in [-0.2, -0.15) is 36.4 Å². The first-order valence-electron chi connectivity index (χ1n) is 4.21. The van der Waals surface area contributed by atoms with Crippen molar-refractivity contribution in [2.24, 2.45) is 0 Å². The Bertz CT molecular complexity index is 222. The minimum Gasteiger partial charge on any atom is -0.418 e. The molecule has 0 unspecified atom stereocenters. The molecule has 0 atom stereocenters. The normalized spacial score (nSPS) is 8.75. The number of halogens is 4. The van der Waals surface area contributed by atoms with Gasteiger partial charge in [-0.05, 0) is 0 Å². The summed E-state index contributed by atoms with van der Waals surface area (Å²) in [4.78, 5) is 0. The maximum Gasteiger partial charge on any atom is 3.00 e. The molecule has 0 nitrogen and oxygen atoms in total. The van der Waals surface area contributed by atoms with Crippen molar-refractivity contribution in [3.63, 3.8) is 0 Å². The summed E-state index contributed by atoms with van der Waals surface area (Å²) >= 11 is 0. The van der Waals surface area contributed by atoms with Crippen molar-refractivity contribution in [3.05, 3.63) is 60.7 Å². The molecule has 0 aromatic heterocycles. The van der Waals surface area contributed by atoms with E-state index in [1.165, 1.54) is 0 Å². The van der Waals surface area contributed by atoms with Crippen LogP contribution in [0.15, 0.2) is 60.7 Å². The van der Waals surface area contributed by atoms with Crippen molar-refractivity contribution in [2.45, 2.75) is 0 Å². The van der Waals surface area contributed by atoms with Crippen LogP contribution in [0.25, 0.3) is 0 Å². The standard InChI is InChI=1S/2C5H5.BF4.Nb/c2*1-2-4-5-3-1;2-1(3,4)5;/h2*1-5H;;/q3*-1;+3. The van der Waals surface area contributed by atoms with Crippen LogP contribution < -0.4 is 0 Å². The van der Waals surface area contributed by atoms with Crippen LogP contribution in [0, 0.1) is 0 Å². The fourth-order valence-electron chi connectivity index (χ4n) is 0.642. The third-order valence-electron chi connectivity index (χ3n) is 1.11. The molecular weight excluding hydrogens is 300 g/mol. The van der Waals surface area contributed by atoms with Gasteiger partial charge in [-0.1, -0.05) is 0 Å². The Kier molecular flexibility index (Phi) is 11.8. The number of hydrogen-bond acceptors (Lipinski definition) is 0. The van der Waals surface area contributed by atoms with Gasteiger partial charge < -0.3 is 17.3 Å². The molecule has 2 rings (SSSR count). The average Bonchev–Trinajstić information content (AvgIpc) is 2.81. The Morgan fingerprint density at radius 1 is 0.625 bits per heavy atom. The largest absolute Gasteiger partial charge is 3.00 e. The summed E-state index contributed by atoms with van der Waals surface area (Å²) in [6.07, 6.45) is 0. The summed E-state index contributed by atoms with van der Waals surface area (Å²) in [6, 6.07) is 20.0. The van der Waals surface area contributed by atoms with Gasteiger partial charge in [0.1, 0.15) is 0 Å².